The van der Waals surface area contributed by atoms with Crippen molar-refractivity contribution in [1.82, 2.24) is 14.5 Å². The number of benzene rings is 1. The van der Waals surface area contributed by atoms with Crippen LogP contribution in [0.1, 0.15) is 67.6 Å². The zero-order valence-corrected chi connectivity index (χ0v) is 23.5. The minimum Gasteiger partial charge on any atom is -0.389 e. The number of pyridine rings is 1. The van der Waals surface area contributed by atoms with E-state index in [2.05, 4.69) is 5.32 Å². The van der Waals surface area contributed by atoms with Crippen molar-refractivity contribution in [3.63, 3.8) is 0 Å². The predicted molar refractivity (Wildman–Crippen MR) is 146 cm³/mol. The highest BCUT2D eigenvalue weighted by molar-refractivity contribution is 6.09. The normalized spacial score (nSPS) is 13.0. The molecule has 0 saturated heterocycles. The molecule has 9 heteroatoms. The molecule has 0 spiro atoms. The van der Waals surface area contributed by atoms with Crippen molar-refractivity contribution in [2.75, 3.05) is 25.1 Å². The molecule has 37 heavy (non-hydrogen) atoms. The smallest absolute Gasteiger partial charge is 0.251 e. The van der Waals surface area contributed by atoms with Crippen LogP contribution in [0.5, 0.6) is 0 Å². The molecule has 2 N–H and O–H groups in total. The second-order valence-electron chi connectivity index (χ2n) is 11.5. The Bertz CT molecular complexity index is 1220. The lowest BCUT2D eigenvalue weighted by Crippen LogP contribution is -2.32. The first-order valence-electron chi connectivity index (χ1n) is 12.8. The summed E-state index contributed by atoms with van der Waals surface area (Å²) >= 11 is 0. The van der Waals surface area contributed by atoms with Crippen LogP contribution in [-0.2, 0) is 32.2 Å². The van der Waals surface area contributed by atoms with E-state index in [0.717, 1.165) is 10.9 Å². The number of ether oxygens (including phenoxy) is 3. The molecule has 204 valence electrons. The largest absolute Gasteiger partial charge is 0.389 e. The zero-order chi connectivity index (χ0) is 27.4. The first-order chi connectivity index (χ1) is 17.2. The van der Waals surface area contributed by atoms with E-state index in [1.807, 2.05) is 70.4 Å². The molecule has 0 radical (unpaired) electrons. The van der Waals surface area contributed by atoms with Gasteiger partial charge in [-0.25, -0.2) is 9.97 Å². The Kier molecular flexibility index (Phi) is 8.95. The van der Waals surface area contributed by atoms with Crippen molar-refractivity contribution in [2.45, 2.75) is 91.8 Å². The average Bonchev–Trinajstić information content (AvgIpc) is 3.12. The number of hydrogen-bond donors (Lipinski definition) is 2. The second-order valence-corrected chi connectivity index (χ2v) is 11.5. The third-order valence-electron chi connectivity index (χ3n) is 5.73. The summed E-state index contributed by atoms with van der Waals surface area (Å²) in [5.41, 5.74) is 0.301. The van der Waals surface area contributed by atoms with Crippen LogP contribution >= 0.6 is 0 Å². The maximum absolute atomic E-state index is 13.0. The predicted octanol–water partition coefficient (Wildman–Crippen LogP) is 4.83. The summed E-state index contributed by atoms with van der Waals surface area (Å²) in [6, 6.07) is 7.69. The lowest BCUT2D eigenvalue weighted by molar-refractivity contribution is -0.128. The molecule has 9 nitrogen and oxygen atoms in total. The Hall–Kier alpha value is -2.59. The number of carbonyl (C=O) groups excluding carboxylic acids is 1. The van der Waals surface area contributed by atoms with Crippen LogP contribution in [0.3, 0.4) is 0 Å². The molecule has 3 rings (SSSR count). The Morgan fingerprint density at radius 1 is 1.05 bits per heavy atom. The summed E-state index contributed by atoms with van der Waals surface area (Å²) in [7, 11) is 0. The lowest BCUT2D eigenvalue weighted by atomic mass is 10.1. The number of imidazole rings is 1. The molecule has 3 aromatic rings. The van der Waals surface area contributed by atoms with Gasteiger partial charge in [0.15, 0.2) is 5.82 Å². The topological polar surface area (TPSA) is 108 Å². The third-order valence-corrected chi connectivity index (χ3v) is 5.73. The fourth-order valence-electron chi connectivity index (χ4n) is 3.93. The molecule has 0 fully saturated rings. The Labute approximate surface area is 219 Å². The number of carbonyl (C=O) groups is 1. The number of nitrogens with zero attached hydrogens (tertiary/aromatic N) is 3. The first kappa shape index (κ1) is 29.0. The van der Waals surface area contributed by atoms with Crippen molar-refractivity contribution in [3.05, 3.63) is 30.1 Å². The number of aromatic nitrogens is 3. The molecule has 0 bridgehead atoms. The molecule has 1 amide bonds. The van der Waals surface area contributed by atoms with E-state index in [1.54, 1.807) is 13.8 Å². The molecule has 2 aromatic heterocycles. The Morgan fingerprint density at radius 3 is 2.41 bits per heavy atom. The number of hydrogen-bond acceptors (Lipinski definition) is 7. The van der Waals surface area contributed by atoms with Gasteiger partial charge in [0.05, 0.1) is 34.4 Å². The van der Waals surface area contributed by atoms with Gasteiger partial charge in [0.25, 0.3) is 5.91 Å². The van der Waals surface area contributed by atoms with Crippen molar-refractivity contribution in [1.29, 1.82) is 0 Å². The van der Waals surface area contributed by atoms with Crippen molar-refractivity contribution in [3.8, 4) is 0 Å². The van der Waals surface area contributed by atoms with Gasteiger partial charge in [-0.2, -0.15) is 0 Å². The summed E-state index contributed by atoms with van der Waals surface area (Å²) in [5.74, 6) is 0.685. The highest BCUT2D eigenvalue weighted by Gasteiger charge is 2.25. The van der Waals surface area contributed by atoms with Crippen LogP contribution < -0.4 is 5.32 Å². The summed E-state index contributed by atoms with van der Waals surface area (Å²) in [4.78, 5) is 22.5. The Balaban J connectivity index is 1.90. The van der Waals surface area contributed by atoms with Crippen molar-refractivity contribution < 1.29 is 24.1 Å². The van der Waals surface area contributed by atoms with E-state index in [0.29, 0.717) is 48.9 Å². The van der Waals surface area contributed by atoms with Crippen molar-refractivity contribution in [2.24, 2.45) is 0 Å². The van der Waals surface area contributed by atoms with Gasteiger partial charge in [0.1, 0.15) is 24.6 Å². The highest BCUT2D eigenvalue weighted by Crippen LogP contribution is 2.31. The number of anilines is 1. The third kappa shape index (κ3) is 8.20. The number of fused-ring (bicyclic) bond motifs is 3. The molecule has 0 saturated carbocycles. The van der Waals surface area contributed by atoms with Gasteiger partial charge in [-0.3, -0.25) is 4.79 Å². The minimum absolute atomic E-state index is 0.130. The first-order valence-corrected chi connectivity index (χ1v) is 12.8. The average molecular weight is 515 g/mol. The van der Waals surface area contributed by atoms with Crippen molar-refractivity contribution >= 4 is 33.7 Å². The van der Waals surface area contributed by atoms with Gasteiger partial charge in [-0.15, -0.1) is 0 Å². The van der Waals surface area contributed by atoms with Gasteiger partial charge >= 0.3 is 0 Å². The van der Waals surface area contributed by atoms with Gasteiger partial charge in [-0.1, -0.05) is 18.2 Å². The summed E-state index contributed by atoms with van der Waals surface area (Å²) in [5, 5.41) is 14.4. The van der Waals surface area contributed by atoms with Gasteiger partial charge in [0.2, 0.25) is 0 Å². The van der Waals surface area contributed by atoms with E-state index in [1.165, 1.54) is 0 Å². The standard InChI is InChI=1S/C28H42N4O5/c1-9-35-16-21-30-23-24(32(21)18-27(5,6)34)19-12-10-11-13-20(19)29-25(23)31-22(33)17-37-28(7,8)14-15-36-26(2,3)4/h10-13,34H,9,14-18H2,1-8H3,(H,29,31,33). The van der Waals surface area contributed by atoms with E-state index < -0.39 is 11.2 Å². The van der Waals surface area contributed by atoms with E-state index in [9.17, 15) is 9.90 Å². The molecular weight excluding hydrogens is 472 g/mol. The molecule has 0 unspecified atom stereocenters. The van der Waals surface area contributed by atoms with E-state index in [4.69, 9.17) is 24.2 Å². The molecule has 0 aliphatic carbocycles. The van der Waals surface area contributed by atoms with Crippen LogP contribution in [0, 0.1) is 0 Å². The number of para-hydroxylation sites is 1. The van der Waals surface area contributed by atoms with Crippen LogP contribution in [0.15, 0.2) is 24.3 Å². The molecular formula is C28H42N4O5. The van der Waals surface area contributed by atoms with Crippen LogP contribution in [0.25, 0.3) is 21.9 Å². The number of amides is 1. The fourth-order valence-corrected chi connectivity index (χ4v) is 3.93. The van der Waals surface area contributed by atoms with Crippen LogP contribution in [-0.4, -0.2) is 62.2 Å². The molecule has 0 aliphatic heterocycles. The summed E-state index contributed by atoms with van der Waals surface area (Å²) in [6.07, 6.45) is 0.651. The summed E-state index contributed by atoms with van der Waals surface area (Å²) in [6.45, 7) is 16.8. The molecule has 2 heterocycles. The quantitative estimate of drug-likeness (QED) is 0.356. The maximum atomic E-state index is 13.0. The molecule has 0 atom stereocenters. The van der Waals surface area contributed by atoms with Gasteiger partial charge in [0, 0.05) is 18.6 Å². The second kappa shape index (κ2) is 11.4. The maximum Gasteiger partial charge on any atom is 0.251 e. The zero-order valence-electron chi connectivity index (χ0n) is 23.5. The van der Waals surface area contributed by atoms with Crippen LogP contribution in [0.2, 0.25) is 0 Å². The number of nitrogens with one attached hydrogen (secondary N) is 1. The van der Waals surface area contributed by atoms with E-state index >= 15 is 0 Å². The number of rotatable bonds is 12. The highest BCUT2D eigenvalue weighted by atomic mass is 16.5. The summed E-state index contributed by atoms with van der Waals surface area (Å²) < 4.78 is 19.4. The Morgan fingerprint density at radius 2 is 1.76 bits per heavy atom. The lowest BCUT2D eigenvalue weighted by Gasteiger charge is -2.27. The monoisotopic (exact) mass is 514 g/mol. The minimum atomic E-state index is -0.988. The van der Waals surface area contributed by atoms with E-state index in [-0.39, 0.29) is 24.7 Å². The van der Waals surface area contributed by atoms with Gasteiger partial charge < -0.3 is 29.2 Å². The number of aliphatic hydroxyl groups is 1. The fraction of sp³-hybridized carbons (Fsp3) is 0.607. The SMILES string of the molecule is CCOCc1nc2c(NC(=O)COC(C)(C)CCOC(C)(C)C)nc3ccccc3c2n1CC(C)(C)O. The molecule has 1 aromatic carbocycles. The van der Waals surface area contributed by atoms with Crippen LogP contribution in [0.4, 0.5) is 5.82 Å². The van der Waals surface area contributed by atoms with Gasteiger partial charge in [-0.05, 0) is 67.9 Å². The molecule has 0 aliphatic rings.